The van der Waals surface area contributed by atoms with Gasteiger partial charge >= 0.3 is 0 Å². The van der Waals surface area contributed by atoms with E-state index in [1.165, 1.54) is 5.56 Å². The highest BCUT2D eigenvalue weighted by molar-refractivity contribution is 6.06. The number of carbonyl (C=O) groups excluding carboxylic acids is 1. The predicted molar refractivity (Wildman–Crippen MR) is 114 cm³/mol. The van der Waals surface area contributed by atoms with Crippen molar-refractivity contribution in [2.75, 3.05) is 32.1 Å². The first kappa shape index (κ1) is 18.2. The Morgan fingerprint density at radius 1 is 1.21 bits per heavy atom. The summed E-state index contributed by atoms with van der Waals surface area (Å²) in [5, 5.41) is 1.03. The highest BCUT2D eigenvalue weighted by Crippen LogP contribution is 2.44. The predicted octanol–water partition coefficient (Wildman–Crippen LogP) is 3.15. The Morgan fingerprint density at radius 3 is 2.90 bits per heavy atom. The number of rotatable bonds is 2. The number of hydrogen-bond acceptors (Lipinski definition) is 4. The maximum atomic E-state index is 13.5. The van der Waals surface area contributed by atoms with Gasteiger partial charge in [0.15, 0.2) is 0 Å². The molecule has 3 heterocycles. The van der Waals surface area contributed by atoms with Gasteiger partial charge in [-0.1, -0.05) is 6.07 Å². The summed E-state index contributed by atoms with van der Waals surface area (Å²) >= 11 is 0. The molecule has 0 saturated carbocycles. The summed E-state index contributed by atoms with van der Waals surface area (Å²) < 4.78 is 2.07. The van der Waals surface area contributed by atoms with Gasteiger partial charge in [-0.3, -0.25) is 4.79 Å². The fourth-order valence-corrected chi connectivity index (χ4v) is 5.11. The SMILES string of the molecule is CN(C)c1ncc2c(n1)C1(CCCN(C(=O)c3cccc4c3ccn4C)C1)CC2. The molecule has 6 nitrogen and oxygen atoms in total. The van der Waals surface area contributed by atoms with Crippen LogP contribution in [0.4, 0.5) is 5.95 Å². The van der Waals surface area contributed by atoms with Gasteiger partial charge in [-0.2, -0.15) is 0 Å². The molecule has 2 aromatic heterocycles. The van der Waals surface area contributed by atoms with Crippen LogP contribution in [0.25, 0.3) is 10.9 Å². The molecule has 1 unspecified atom stereocenters. The zero-order chi connectivity index (χ0) is 20.2. The van der Waals surface area contributed by atoms with Crippen LogP contribution in [-0.4, -0.2) is 52.5 Å². The maximum absolute atomic E-state index is 13.5. The van der Waals surface area contributed by atoms with Crippen molar-refractivity contribution < 1.29 is 4.79 Å². The number of benzene rings is 1. The summed E-state index contributed by atoms with van der Waals surface area (Å²) in [6, 6.07) is 8.05. The fourth-order valence-electron chi connectivity index (χ4n) is 5.11. The lowest BCUT2D eigenvalue weighted by molar-refractivity contribution is 0.0635. The highest BCUT2D eigenvalue weighted by Gasteiger charge is 2.45. The van der Waals surface area contributed by atoms with Crippen molar-refractivity contribution in [3.63, 3.8) is 0 Å². The molecule has 1 aliphatic carbocycles. The number of amides is 1. The minimum atomic E-state index is -0.0402. The summed E-state index contributed by atoms with van der Waals surface area (Å²) in [6.45, 7) is 1.55. The number of aromatic nitrogens is 3. The molecule has 29 heavy (non-hydrogen) atoms. The first-order chi connectivity index (χ1) is 14.0. The molecule has 0 radical (unpaired) electrons. The smallest absolute Gasteiger partial charge is 0.254 e. The Morgan fingerprint density at radius 2 is 2.07 bits per heavy atom. The van der Waals surface area contributed by atoms with Crippen molar-refractivity contribution >= 4 is 22.8 Å². The van der Waals surface area contributed by atoms with Gasteiger partial charge in [-0.05, 0) is 49.4 Å². The molecule has 1 atom stereocenters. The Bertz CT molecular complexity index is 1100. The van der Waals surface area contributed by atoms with E-state index in [2.05, 4.69) is 20.5 Å². The van der Waals surface area contributed by atoms with Crippen molar-refractivity contribution in [3.05, 3.63) is 53.5 Å². The van der Waals surface area contributed by atoms with Crippen LogP contribution >= 0.6 is 0 Å². The summed E-state index contributed by atoms with van der Waals surface area (Å²) in [5.41, 5.74) is 4.26. The molecule has 2 aliphatic rings. The number of piperidine rings is 1. The Kier molecular flexibility index (Phi) is 4.12. The zero-order valence-corrected chi connectivity index (χ0v) is 17.4. The van der Waals surface area contributed by atoms with Crippen LogP contribution in [0, 0.1) is 0 Å². The second-order valence-electron chi connectivity index (χ2n) is 8.71. The molecule has 1 fully saturated rings. The Hall–Kier alpha value is -2.89. The van der Waals surface area contributed by atoms with Crippen LogP contribution < -0.4 is 4.90 Å². The molecular weight excluding hydrogens is 362 g/mol. The largest absolute Gasteiger partial charge is 0.351 e. The lowest BCUT2D eigenvalue weighted by Crippen LogP contribution is -2.48. The van der Waals surface area contributed by atoms with E-state index >= 15 is 0 Å². The topological polar surface area (TPSA) is 54.3 Å². The van der Waals surface area contributed by atoms with Crippen molar-refractivity contribution in [1.82, 2.24) is 19.4 Å². The number of carbonyl (C=O) groups is 1. The molecule has 0 N–H and O–H groups in total. The summed E-state index contributed by atoms with van der Waals surface area (Å²) in [7, 11) is 5.96. The van der Waals surface area contributed by atoms with Gasteiger partial charge in [0.2, 0.25) is 5.95 Å². The molecule has 1 saturated heterocycles. The number of aryl methyl sites for hydroxylation is 2. The van der Waals surface area contributed by atoms with Crippen molar-refractivity contribution in [2.45, 2.75) is 31.1 Å². The van der Waals surface area contributed by atoms with E-state index in [9.17, 15) is 4.79 Å². The average Bonchev–Trinajstić information content (AvgIpc) is 3.28. The normalized spacial score (nSPS) is 21.0. The van der Waals surface area contributed by atoms with Gasteiger partial charge < -0.3 is 14.4 Å². The fraction of sp³-hybridized carbons (Fsp3) is 0.435. The van der Waals surface area contributed by atoms with Crippen LogP contribution in [0.15, 0.2) is 36.7 Å². The molecule has 5 rings (SSSR count). The van der Waals surface area contributed by atoms with Gasteiger partial charge in [-0.25, -0.2) is 9.97 Å². The van der Waals surface area contributed by atoms with E-state index in [0.717, 1.165) is 66.9 Å². The van der Waals surface area contributed by atoms with E-state index < -0.39 is 0 Å². The van der Waals surface area contributed by atoms with Gasteiger partial charge in [0, 0.05) is 68.5 Å². The Balaban J connectivity index is 1.49. The van der Waals surface area contributed by atoms with Crippen molar-refractivity contribution in [3.8, 4) is 0 Å². The summed E-state index contributed by atoms with van der Waals surface area (Å²) in [6.07, 6.45) is 8.15. The minimum absolute atomic E-state index is 0.0402. The Labute approximate surface area is 171 Å². The maximum Gasteiger partial charge on any atom is 0.254 e. The molecule has 3 aromatic rings. The monoisotopic (exact) mass is 389 g/mol. The third-order valence-electron chi connectivity index (χ3n) is 6.65. The molecule has 6 heteroatoms. The second kappa shape index (κ2) is 6.58. The van der Waals surface area contributed by atoms with Gasteiger partial charge in [0.25, 0.3) is 5.91 Å². The standard InChI is InChI=1S/C23H27N5O/c1-26(2)22-24-14-16-8-11-23(20(16)25-22)10-5-12-28(15-23)21(29)18-6-4-7-19-17(18)9-13-27(19)3/h4,6-7,9,13-14H,5,8,10-12,15H2,1-3H3. The molecule has 1 amide bonds. The van der Waals surface area contributed by atoms with Gasteiger partial charge in [0.1, 0.15) is 0 Å². The number of anilines is 1. The molecule has 150 valence electrons. The molecule has 1 aliphatic heterocycles. The average molecular weight is 390 g/mol. The minimum Gasteiger partial charge on any atom is -0.351 e. The summed E-state index contributed by atoms with van der Waals surface area (Å²) in [4.78, 5) is 27.0. The van der Waals surface area contributed by atoms with E-state index in [-0.39, 0.29) is 11.3 Å². The second-order valence-corrected chi connectivity index (χ2v) is 8.71. The zero-order valence-electron chi connectivity index (χ0n) is 17.4. The van der Waals surface area contributed by atoms with Gasteiger partial charge in [-0.15, -0.1) is 0 Å². The third-order valence-corrected chi connectivity index (χ3v) is 6.65. The van der Waals surface area contributed by atoms with Crippen molar-refractivity contribution in [2.24, 2.45) is 7.05 Å². The third kappa shape index (κ3) is 2.81. The molecule has 0 bridgehead atoms. The lowest BCUT2D eigenvalue weighted by atomic mass is 9.77. The quantitative estimate of drug-likeness (QED) is 0.676. The highest BCUT2D eigenvalue weighted by atomic mass is 16.2. The van der Waals surface area contributed by atoms with Crippen molar-refractivity contribution in [1.29, 1.82) is 0 Å². The first-order valence-corrected chi connectivity index (χ1v) is 10.4. The summed E-state index contributed by atoms with van der Waals surface area (Å²) in [5.74, 6) is 0.888. The van der Waals surface area contributed by atoms with Crippen LogP contribution in [0.2, 0.25) is 0 Å². The van der Waals surface area contributed by atoms with E-state index in [4.69, 9.17) is 4.98 Å². The number of fused-ring (bicyclic) bond motifs is 3. The number of hydrogen-bond donors (Lipinski definition) is 0. The lowest BCUT2D eigenvalue weighted by Gasteiger charge is -2.40. The van der Waals surface area contributed by atoms with Crippen LogP contribution in [0.3, 0.4) is 0 Å². The van der Waals surface area contributed by atoms with E-state index in [0.29, 0.717) is 0 Å². The molecule has 1 spiro atoms. The van der Waals surface area contributed by atoms with Gasteiger partial charge in [0.05, 0.1) is 5.69 Å². The molecule has 1 aromatic carbocycles. The number of nitrogens with zero attached hydrogens (tertiary/aromatic N) is 5. The van der Waals surface area contributed by atoms with Crippen LogP contribution in [-0.2, 0) is 18.9 Å². The number of likely N-dealkylation sites (tertiary alicyclic amines) is 1. The van der Waals surface area contributed by atoms with Crippen LogP contribution in [0.1, 0.15) is 40.9 Å². The molecular formula is C23H27N5O. The van der Waals surface area contributed by atoms with E-state index in [1.807, 2.05) is 56.6 Å². The van der Waals surface area contributed by atoms with E-state index in [1.54, 1.807) is 0 Å². The first-order valence-electron chi connectivity index (χ1n) is 10.4. The van der Waals surface area contributed by atoms with Crippen LogP contribution in [0.5, 0.6) is 0 Å².